The van der Waals surface area contributed by atoms with E-state index in [4.69, 9.17) is 23.2 Å². The summed E-state index contributed by atoms with van der Waals surface area (Å²) in [5.74, 6) is -0.905. The van der Waals surface area contributed by atoms with E-state index in [0.717, 1.165) is 10.6 Å². The number of aryl methyl sites for hydroxylation is 1. The third kappa shape index (κ3) is 7.61. The quantitative estimate of drug-likeness (QED) is 0.551. The monoisotopic (exact) mass is 527 g/mol. The Hall–Kier alpha value is -2.29. The number of amides is 2. The third-order valence-corrected chi connectivity index (χ3v) is 6.80. The summed E-state index contributed by atoms with van der Waals surface area (Å²) >= 11 is 12.3. The van der Waals surface area contributed by atoms with Gasteiger partial charge in [0.2, 0.25) is 21.8 Å². The zero-order chi connectivity index (χ0) is 25.8. The van der Waals surface area contributed by atoms with Gasteiger partial charge in [0.1, 0.15) is 12.6 Å². The second kappa shape index (κ2) is 11.0. The minimum absolute atomic E-state index is 0.0361. The first kappa shape index (κ1) is 28.0. The molecule has 0 unspecified atom stereocenters. The fourth-order valence-electron chi connectivity index (χ4n) is 3.36. The summed E-state index contributed by atoms with van der Waals surface area (Å²) < 4.78 is 26.3. The number of carbonyl (C=O) groups excluding carboxylic acids is 2. The highest BCUT2D eigenvalue weighted by molar-refractivity contribution is 7.92. The molecule has 7 nitrogen and oxygen atoms in total. The van der Waals surface area contributed by atoms with Crippen molar-refractivity contribution in [2.24, 2.45) is 0 Å². The molecule has 2 aromatic carbocycles. The van der Waals surface area contributed by atoms with Crippen molar-refractivity contribution in [2.45, 2.75) is 52.7 Å². The number of carbonyl (C=O) groups is 2. The number of sulfonamides is 1. The zero-order valence-electron chi connectivity index (χ0n) is 20.2. The summed E-state index contributed by atoms with van der Waals surface area (Å²) in [6.45, 7) is 8.39. The molecule has 0 heterocycles. The van der Waals surface area contributed by atoms with Crippen molar-refractivity contribution in [2.75, 3.05) is 17.1 Å². The van der Waals surface area contributed by atoms with Crippen LogP contribution in [0, 0.1) is 6.92 Å². The summed E-state index contributed by atoms with van der Waals surface area (Å²) in [4.78, 5) is 27.8. The molecule has 2 rings (SSSR count). The van der Waals surface area contributed by atoms with E-state index in [2.05, 4.69) is 5.32 Å². The first-order valence-corrected chi connectivity index (χ1v) is 13.3. The number of rotatable bonds is 8. The van der Waals surface area contributed by atoms with Crippen LogP contribution in [0.2, 0.25) is 10.0 Å². The lowest BCUT2D eigenvalue weighted by Crippen LogP contribution is -2.54. The minimum Gasteiger partial charge on any atom is -0.350 e. The Bertz CT molecular complexity index is 1160. The van der Waals surface area contributed by atoms with Crippen LogP contribution < -0.4 is 9.62 Å². The number of benzene rings is 2. The molecule has 0 spiro atoms. The number of hydrogen-bond acceptors (Lipinski definition) is 4. The van der Waals surface area contributed by atoms with E-state index in [0.29, 0.717) is 26.9 Å². The van der Waals surface area contributed by atoms with Crippen LogP contribution >= 0.6 is 23.2 Å². The lowest BCUT2D eigenvalue weighted by molar-refractivity contribution is -0.140. The van der Waals surface area contributed by atoms with Gasteiger partial charge in [-0.15, -0.1) is 0 Å². The maximum atomic E-state index is 13.5. The Balaban J connectivity index is 2.45. The van der Waals surface area contributed by atoms with Gasteiger partial charge in [-0.1, -0.05) is 41.4 Å². The van der Waals surface area contributed by atoms with Gasteiger partial charge in [-0.05, 0) is 70.0 Å². The minimum atomic E-state index is -3.82. The molecule has 2 amide bonds. The molecule has 0 bridgehead atoms. The van der Waals surface area contributed by atoms with Gasteiger partial charge < -0.3 is 10.2 Å². The van der Waals surface area contributed by atoms with Gasteiger partial charge in [-0.2, -0.15) is 0 Å². The molecular formula is C24H31Cl2N3O4S. The fraction of sp³-hybridized carbons (Fsp3) is 0.417. The summed E-state index contributed by atoms with van der Waals surface area (Å²) in [7, 11) is -3.82. The molecule has 0 saturated carbocycles. The van der Waals surface area contributed by atoms with Crippen LogP contribution in [0.5, 0.6) is 0 Å². The van der Waals surface area contributed by atoms with E-state index in [-0.39, 0.29) is 12.5 Å². The van der Waals surface area contributed by atoms with Gasteiger partial charge in [-0.25, -0.2) is 8.42 Å². The first-order valence-electron chi connectivity index (χ1n) is 10.7. The second-order valence-electron chi connectivity index (χ2n) is 9.23. The van der Waals surface area contributed by atoms with E-state index in [1.807, 2.05) is 20.8 Å². The average molecular weight is 529 g/mol. The maximum Gasteiger partial charge on any atom is 0.244 e. The zero-order valence-corrected chi connectivity index (χ0v) is 22.6. The smallest absolute Gasteiger partial charge is 0.244 e. The van der Waals surface area contributed by atoms with Crippen LogP contribution in [-0.4, -0.2) is 49.5 Å². The van der Waals surface area contributed by atoms with Crippen LogP contribution in [0.1, 0.15) is 38.8 Å². The molecule has 1 N–H and O–H groups in total. The number of nitrogens with zero attached hydrogens (tertiary/aromatic N) is 2. The predicted molar refractivity (Wildman–Crippen MR) is 138 cm³/mol. The molecule has 0 fully saturated rings. The molecule has 1 atom stereocenters. The number of halogens is 2. The Kier molecular flexibility index (Phi) is 9.02. The van der Waals surface area contributed by atoms with E-state index < -0.39 is 34.1 Å². The Morgan fingerprint density at radius 3 is 2.24 bits per heavy atom. The third-order valence-electron chi connectivity index (χ3n) is 5.07. The number of nitrogens with one attached hydrogen (secondary N) is 1. The average Bonchev–Trinajstić information content (AvgIpc) is 2.69. The fourth-order valence-corrected chi connectivity index (χ4v) is 4.69. The first-order chi connectivity index (χ1) is 15.6. The molecule has 0 saturated heterocycles. The summed E-state index contributed by atoms with van der Waals surface area (Å²) in [6.07, 6.45) is 1.03. The van der Waals surface area contributed by atoms with E-state index in [1.54, 1.807) is 56.3 Å². The van der Waals surface area contributed by atoms with Crippen LogP contribution in [0.4, 0.5) is 5.69 Å². The van der Waals surface area contributed by atoms with Crippen LogP contribution in [0.15, 0.2) is 42.5 Å². The van der Waals surface area contributed by atoms with Gasteiger partial charge in [-0.3, -0.25) is 13.9 Å². The van der Waals surface area contributed by atoms with E-state index in [1.165, 1.54) is 4.90 Å². The summed E-state index contributed by atoms with van der Waals surface area (Å²) in [5, 5.41) is 3.77. The lowest BCUT2D eigenvalue weighted by Gasteiger charge is -2.33. The highest BCUT2D eigenvalue weighted by Crippen LogP contribution is 2.26. The van der Waals surface area contributed by atoms with E-state index >= 15 is 0 Å². The summed E-state index contributed by atoms with van der Waals surface area (Å²) in [6, 6.07) is 10.9. The van der Waals surface area contributed by atoms with Gasteiger partial charge in [0, 0.05) is 22.1 Å². The van der Waals surface area contributed by atoms with E-state index in [9.17, 15) is 18.0 Å². The van der Waals surface area contributed by atoms with Crippen molar-refractivity contribution >= 4 is 50.7 Å². The Labute approximate surface area is 212 Å². The van der Waals surface area contributed by atoms with Crippen LogP contribution in [0.25, 0.3) is 0 Å². The topological polar surface area (TPSA) is 86.8 Å². The van der Waals surface area contributed by atoms with Crippen molar-refractivity contribution in [3.8, 4) is 0 Å². The SMILES string of the molecule is Cc1cc(Cl)ccc1N(CC(=O)N(Cc1ccccc1Cl)[C@@H](C)C(=O)NC(C)(C)C)S(C)(=O)=O. The molecule has 186 valence electrons. The highest BCUT2D eigenvalue weighted by Gasteiger charge is 2.32. The highest BCUT2D eigenvalue weighted by atomic mass is 35.5. The number of anilines is 1. The normalized spacial score (nSPS) is 12.7. The van der Waals surface area contributed by atoms with Crippen LogP contribution in [-0.2, 0) is 26.2 Å². The molecule has 2 aromatic rings. The Morgan fingerprint density at radius 2 is 1.71 bits per heavy atom. The molecule has 10 heteroatoms. The molecule has 0 aliphatic carbocycles. The Morgan fingerprint density at radius 1 is 1.09 bits per heavy atom. The molecule has 0 aliphatic heterocycles. The van der Waals surface area contributed by atoms with Crippen molar-refractivity contribution in [3.05, 3.63) is 63.6 Å². The van der Waals surface area contributed by atoms with Gasteiger partial charge in [0.15, 0.2) is 0 Å². The number of hydrogen-bond donors (Lipinski definition) is 1. The van der Waals surface area contributed by atoms with Crippen molar-refractivity contribution in [1.82, 2.24) is 10.2 Å². The lowest BCUT2D eigenvalue weighted by atomic mass is 10.1. The largest absolute Gasteiger partial charge is 0.350 e. The predicted octanol–water partition coefficient (Wildman–Crippen LogP) is 4.40. The van der Waals surface area contributed by atoms with Crippen molar-refractivity contribution < 1.29 is 18.0 Å². The van der Waals surface area contributed by atoms with Crippen LogP contribution in [0.3, 0.4) is 0 Å². The van der Waals surface area contributed by atoms with Gasteiger partial charge >= 0.3 is 0 Å². The molecular weight excluding hydrogens is 497 g/mol. The van der Waals surface area contributed by atoms with Gasteiger partial charge in [0.05, 0.1) is 11.9 Å². The molecule has 34 heavy (non-hydrogen) atoms. The molecule has 0 aliphatic rings. The molecule has 0 radical (unpaired) electrons. The second-order valence-corrected chi connectivity index (χ2v) is 12.0. The molecule has 0 aromatic heterocycles. The van der Waals surface area contributed by atoms with Crippen molar-refractivity contribution in [1.29, 1.82) is 0 Å². The maximum absolute atomic E-state index is 13.5. The van der Waals surface area contributed by atoms with Gasteiger partial charge in [0.25, 0.3) is 0 Å². The summed E-state index contributed by atoms with van der Waals surface area (Å²) in [5.41, 5.74) is 1.07. The van der Waals surface area contributed by atoms with Crippen molar-refractivity contribution in [3.63, 3.8) is 0 Å². The standard InChI is InChI=1S/C24H31Cl2N3O4S/c1-16-13-19(25)11-12-21(16)29(34(6,32)33)15-22(30)28(14-18-9-7-8-10-20(18)26)17(2)23(31)27-24(3,4)5/h7-13,17H,14-15H2,1-6H3,(H,27,31)/t17-/m0/s1.